The van der Waals surface area contributed by atoms with E-state index in [2.05, 4.69) is 4.90 Å². The molecule has 0 spiro atoms. The molecule has 0 N–H and O–H groups in total. The van der Waals surface area contributed by atoms with E-state index in [0.717, 1.165) is 30.6 Å². The summed E-state index contributed by atoms with van der Waals surface area (Å²) in [6.07, 6.45) is 1.77. The van der Waals surface area contributed by atoms with Crippen LogP contribution in [0.3, 0.4) is 0 Å². The van der Waals surface area contributed by atoms with E-state index in [0.29, 0.717) is 17.5 Å². The van der Waals surface area contributed by atoms with Gasteiger partial charge < -0.3 is 9.64 Å². The fraction of sp³-hybridized carbons (Fsp3) is 0.333. The van der Waals surface area contributed by atoms with Crippen molar-refractivity contribution in [2.24, 2.45) is 5.10 Å². The normalized spacial score (nSPS) is 20.1. The largest absolute Gasteiger partial charge is 0.466 e. The predicted molar refractivity (Wildman–Crippen MR) is 113 cm³/mol. The number of hydrazone groups is 1. The fourth-order valence-corrected chi connectivity index (χ4v) is 4.28. The number of rotatable bonds is 6. The molecule has 2 heterocycles. The summed E-state index contributed by atoms with van der Waals surface area (Å²) < 4.78 is 5.25. The van der Waals surface area contributed by atoms with Crippen molar-refractivity contribution >= 4 is 34.8 Å². The van der Waals surface area contributed by atoms with E-state index in [1.165, 1.54) is 12.1 Å². The second-order valence-corrected chi connectivity index (χ2v) is 7.67. The van der Waals surface area contributed by atoms with Gasteiger partial charge in [0, 0.05) is 29.3 Å². The molecular formula is C21H21ClN4O4. The number of benzene rings is 2. The third kappa shape index (κ3) is 3.47. The Hall–Kier alpha value is -3.13. The predicted octanol–water partition coefficient (Wildman–Crippen LogP) is 4.18. The number of hydrogen-bond acceptors (Lipinski definition) is 7. The zero-order chi connectivity index (χ0) is 21.3. The maximum Gasteiger partial charge on any atom is 0.310 e. The van der Waals surface area contributed by atoms with Crippen LogP contribution in [0, 0.1) is 10.1 Å². The van der Waals surface area contributed by atoms with Gasteiger partial charge in [-0.05, 0) is 56.2 Å². The Labute approximate surface area is 178 Å². The number of fused-ring (bicyclic) bond motifs is 1. The number of non-ortho nitro benzene ring substituents is 1. The van der Waals surface area contributed by atoms with E-state index < -0.39 is 10.6 Å². The van der Waals surface area contributed by atoms with E-state index in [9.17, 15) is 14.9 Å². The second kappa shape index (κ2) is 7.95. The van der Waals surface area contributed by atoms with Gasteiger partial charge in [-0.3, -0.25) is 14.9 Å². The lowest BCUT2D eigenvalue weighted by atomic mass is 10.0. The third-order valence-electron chi connectivity index (χ3n) is 5.45. The maximum absolute atomic E-state index is 12.5. The van der Waals surface area contributed by atoms with Crippen LogP contribution in [-0.2, 0) is 9.53 Å². The first-order valence-corrected chi connectivity index (χ1v) is 10.1. The molecule has 2 aromatic carbocycles. The number of nitro benzene ring substituents is 1. The molecule has 0 radical (unpaired) electrons. The van der Waals surface area contributed by atoms with Gasteiger partial charge in [-0.25, -0.2) is 5.01 Å². The molecule has 1 unspecified atom stereocenters. The van der Waals surface area contributed by atoms with Gasteiger partial charge in [0.1, 0.15) is 5.66 Å². The van der Waals surface area contributed by atoms with Gasteiger partial charge in [0.25, 0.3) is 5.69 Å². The molecule has 0 saturated carbocycles. The number of carbonyl (C=O) groups excluding carboxylic acids is 1. The van der Waals surface area contributed by atoms with E-state index in [1.54, 1.807) is 31.2 Å². The SMILES string of the molecule is CCOC(=O)CC12CCCN1C(c1ccc([N+](=O)[O-])cc1)=NN2c1ccc(Cl)cc1. The van der Waals surface area contributed by atoms with Crippen molar-refractivity contribution in [1.82, 2.24) is 4.90 Å². The van der Waals surface area contributed by atoms with Crippen molar-refractivity contribution in [3.05, 3.63) is 69.2 Å². The average molecular weight is 429 g/mol. The fourth-order valence-electron chi connectivity index (χ4n) is 4.16. The number of amidine groups is 1. The van der Waals surface area contributed by atoms with E-state index in [1.807, 2.05) is 17.1 Å². The van der Waals surface area contributed by atoms with Crippen molar-refractivity contribution in [1.29, 1.82) is 0 Å². The Kier molecular flexibility index (Phi) is 5.34. The summed E-state index contributed by atoms with van der Waals surface area (Å²) in [7, 11) is 0. The van der Waals surface area contributed by atoms with Crippen LogP contribution >= 0.6 is 11.6 Å². The number of nitro groups is 1. The minimum atomic E-state index is -0.683. The van der Waals surface area contributed by atoms with Gasteiger partial charge in [-0.15, -0.1) is 0 Å². The van der Waals surface area contributed by atoms with Gasteiger partial charge in [-0.2, -0.15) is 5.10 Å². The van der Waals surface area contributed by atoms with Crippen LogP contribution in [0.1, 0.15) is 31.7 Å². The molecule has 156 valence electrons. The third-order valence-corrected chi connectivity index (χ3v) is 5.70. The van der Waals surface area contributed by atoms with Crippen molar-refractivity contribution in [3.63, 3.8) is 0 Å². The Balaban J connectivity index is 1.77. The molecule has 9 heteroatoms. The van der Waals surface area contributed by atoms with Gasteiger partial charge in [-0.1, -0.05) is 11.6 Å². The summed E-state index contributed by atoms with van der Waals surface area (Å²) in [4.78, 5) is 25.2. The number of nitrogens with zero attached hydrogens (tertiary/aromatic N) is 4. The maximum atomic E-state index is 12.5. The van der Waals surface area contributed by atoms with E-state index in [4.69, 9.17) is 21.4 Å². The number of ether oxygens (including phenoxy) is 1. The summed E-state index contributed by atoms with van der Waals surface area (Å²) in [6.45, 7) is 2.82. The summed E-state index contributed by atoms with van der Waals surface area (Å²) >= 11 is 6.06. The average Bonchev–Trinajstić information content (AvgIpc) is 3.26. The van der Waals surface area contributed by atoms with Crippen LogP contribution in [0.2, 0.25) is 5.02 Å². The first-order chi connectivity index (χ1) is 14.4. The monoisotopic (exact) mass is 428 g/mol. The van der Waals surface area contributed by atoms with Crippen molar-refractivity contribution < 1.29 is 14.5 Å². The molecule has 1 saturated heterocycles. The highest BCUT2D eigenvalue weighted by Gasteiger charge is 2.54. The lowest BCUT2D eigenvalue weighted by molar-refractivity contribution is -0.384. The van der Waals surface area contributed by atoms with Crippen LogP contribution in [0.4, 0.5) is 11.4 Å². The Bertz CT molecular complexity index is 993. The number of carbonyl (C=O) groups is 1. The lowest BCUT2D eigenvalue weighted by Crippen LogP contribution is -2.53. The van der Waals surface area contributed by atoms with Crippen LogP contribution in [-0.4, -0.2) is 40.4 Å². The first kappa shape index (κ1) is 20.2. The highest BCUT2D eigenvalue weighted by atomic mass is 35.5. The van der Waals surface area contributed by atoms with Crippen molar-refractivity contribution in [2.45, 2.75) is 31.8 Å². The Morgan fingerprint density at radius 2 is 1.93 bits per heavy atom. The van der Waals surface area contributed by atoms with Crippen molar-refractivity contribution in [3.8, 4) is 0 Å². The summed E-state index contributed by atoms with van der Waals surface area (Å²) in [5.74, 6) is 0.394. The topological polar surface area (TPSA) is 88.3 Å². The minimum absolute atomic E-state index is 0.0195. The molecule has 2 aromatic rings. The second-order valence-electron chi connectivity index (χ2n) is 7.24. The van der Waals surface area contributed by atoms with E-state index in [-0.39, 0.29) is 18.1 Å². The molecule has 0 amide bonds. The van der Waals surface area contributed by atoms with Crippen LogP contribution < -0.4 is 5.01 Å². The van der Waals surface area contributed by atoms with E-state index >= 15 is 0 Å². The zero-order valence-electron chi connectivity index (χ0n) is 16.5. The molecule has 0 aliphatic carbocycles. The minimum Gasteiger partial charge on any atom is -0.466 e. The first-order valence-electron chi connectivity index (χ1n) is 9.77. The molecule has 0 aromatic heterocycles. The Morgan fingerprint density at radius 3 is 2.57 bits per heavy atom. The molecule has 2 aliphatic heterocycles. The highest BCUT2D eigenvalue weighted by molar-refractivity contribution is 6.30. The van der Waals surface area contributed by atoms with Crippen molar-refractivity contribution in [2.75, 3.05) is 18.2 Å². The smallest absolute Gasteiger partial charge is 0.310 e. The Morgan fingerprint density at radius 1 is 1.23 bits per heavy atom. The number of esters is 1. The zero-order valence-corrected chi connectivity index (χ0v) is 17.2. The van der Waals surface area contributed by atoms with Crippen LogP contribution in [0.15, 0.2) is 53.6 Å². The quantitative estimate of drug-likeness (QED) is 0.389. The van der Waals surface area contributed by atoms with Gasteiger partial charge in [0.05, 0.1) is 23.6 Å². The molecule has 0 bridgehead atoms. The standard InChI is InChI=1S/C21H21ClN4O4/c1-2-30-19(27)14-21-12-3-13-24(21)20(15-4-8-18(9-5-15)26(28)29)23-25(21)17-10-6-16(22)7-11-17/h4-11H,2-3,12-14H2,1H3. The molecule has 4 rings (SSSR count). The van der Waals surface area contributed by atoms with Gasteiger partial charge >= 0.3 is 5.97 Å². The summed E-state index contributed by atoms with van der Waals surface area (Å²) in [5, 5.41) is 18.3. The molecule has 8 nitrogen and oxygen atoms in total. The number of hydrogen-bond donors (Lipinski definition) is 0. The number of anilines is 1. The molecule has 30 heavy (non-hydrogen) atoms. The summed E-state index contributed by atoms with van der Waals surface area (Å²) in [5.41, 5.74) is 0.905. The van der Waals surface area contributed by atoms with Gasteiger partial charge in [0.15, 0.2) is 5.84 Å². The highest BCUT2D eigenvalue weighted by Crippen LogP contribution is 2.44. The summed E-state index contributed by atoms with van der Waals surface area (Å²) in [6, 6.07) is 13.6. The van der Waals surface area contributed by atoms with Crippen LogP contribution in [0.25, 0.3) is 0 Å². The van der Waals surface area contributed by atoms with Gasteiger partial charge in [0.2, 0.25) is 0 Å². The molecule has 1 atom stereocenters. The number of halogens is 1. The molecule has 1 fully saturated rings. The molecule has 2 aliphatic rings. The molecular weight excluding hydrogens is 408 g/mol. The van der Waals surface area contributed by atoms with Crippen LogP contribution in [0.5, 0.6) is 0 Å². The lowest BCUT2D eigenvalue weighted by Gasteiger charge is -2.39.